The number of hydrogen-bond donors (Lipinski definition) is 2. The van der Waals surface area contributed by atoms with Gasteiger partial charge in [0.2, 0.25) is 0 Å². The monoisotopic (exact) mass is 256 g/mol. The van der Waals surface area contributed by atoms with Gasteiger partial charge in [-0.25, -0.2) is 0 Å². The molecule has 2 rings (SSSR count). The summed E-state index contributed by atoms with van der Waals surface area (Å²) in [6.07, 6.45) is 0. The molecule has 0 radical (unpaired) electrons. The highest BCUT2D eigenvalue weighted by Crippen LogP contribution is 2.22. The molecule has 0 spiro atoms. The third kappa shape index (κ3) is 2.68. The van der Waals surface area contributed by atoms with Crippen molar-refractivity contribution in [2.45, 2.75) is 13.8 Å². The molecule has 0 bridgehead atoms. The van der Waals surface area contributed by atoms with E-state index in [0.717, 1.165) is 16.9 Å². The van der Waals surface area contributed by atoms with Crippen molar-refractivity contribution < 1.29 is 0 Å². The quantitative estimate of drug-likeness (QED) is 0.823. The van der Waals surface area contributed by atoms with E-state index in [4.69, 9.17) is 18.0 Å². The molecule has 0 saturated carbocycles. The molecule has 0 aliphatic carbocycles. The van der Waals surface area contributed by atoms with Crippen LogP contribution in [0.1, 0.15) is 16.7 Å². The van der Waals surface area contributed by atoms with Crippen molar-refractivity contribution in [3.8, 4) is 0 Å². The minimum atomic E-state index is 0.424. The lowest BCUT2D eigenvalue weighted by Gasteiger charge is -2.11. The van der Waals surface area contributed by atoms with E-state index in [1.165, 1.54) is 11.1 Å². The Morgan fingerprint density at radius 1 is 1.06 bits per heavy atom. The van der Waals surface area contributed by atoms with Gasteiger partial charge in [-0.2, -0.15) is 0 Å². The predicted molar refractivity (Wildman–Crippen MR) is 81.5 cm³/mol. The minimum absolute atomic E-state index is 0.424. The molecule has 0 unspecified atom stereocenters. The van der Waals surface area contributed by atoms with Gasteiger partial charge in [0.1, 0.15) is 4.99 Å². The van der Waals surface area contributed by atoms with E-state index >= 15 is 0 Å². The van der Waals surface area contributed by atoms with Crippen molar-refractivity contribution in [3.63, 3.8) is 0 Å². The maximum atomic E-state index is 5.57. The molecule has 0 aliphatic rings. The van der Waals surface area contributed by atoms with Crippen LogP contribution in [0.4, 0.5) is 11.4 Å². The SMILES string of the molecule is Cc1cccc(Nc2ccc(C(N)=S)cc2)c1C. The molecular formula is C15H16N2S. The van der Waals surface area contributed by atoms with Crippen molar-refractivity contribution in [1.29, 1.82) is 0 Å². The van der Waals surface area contributed by atoms with Crippen molar-refractivity contribution in [2.75, 3.05) is 5.32 Å². The third-order valence-corrected chi connectivity index (χ3v) is 3.29. The van der Waals surface area contributed by atoms with E-state index in [1.807, 2.05) is 30.3 Å². The Balaban J connectivity index is 2.24. The Labute approximate surface area is 113 Å². The Hall–Kier alpha value is -1.87. The van der Waals surface area contributed by atoms with Crippen molar-refractivity contribution in [3.05, 3.63) is 59.2 Å². The summed E-state index contributed by atoms with van der Waals surface area (Å²) in [5.41, 5.74) is 11.1. The highest BCUT2D eigenvalue weighted by atomic mass is 32.1. The van der Waals surface area contributed by atoms with Gasteiger partial charge >= 0.3 is 0 Å². The summed E-state index contributed by atoms with van der Waals surface area (Å²) in [7, 11) is 0. The lowest BCUT2D eigenvalue weighted by atomic mass is 10.1. The van der Waals surface area contributed by atoms with Gasteiger partial charge in [0, 0.05) is 16.9 Å². The zero-order valence-corrected chi connectivity index (χ0v) is 11.3. The first-order valence-electron chi connectivity index (χ1n) is 5.81. The summed E-state index contributed by atoms with van der Waals surface area (Å²) in [5.74, 6) is 0. The van der Waals surface area contributed by atoms with E-state index in [0.29, 0.717) is 4.99 Å². The van der Waals surface area contributed by atoms with Crippen LogP contribution in [0.2, 0.25) is 0 Å². The van der Waals surface area contributed by atoms with Crippen LogP contribution in [0.3, 0.4) is 0 Å². The first-order chi connectivity index (χ1) is 8.58. The van der Waals surface area contributed by atoms with Crippen molar-refractivity contribution in [2.24, 2.45) is 5.73 Å². The third-order valence-electron chi connectivity index (χ3n) is 3.05. The fraction of sp³-hybridized carbons (Fsp3) is 0.133. The van der Waals surface area contributed by atoms with Crippen LogP contribution in [0, 0.1) is 13.8 Å². The summed E-state index contributed by atoms with van der Waals surface area (Å²) in [6.45, 7) is 4.22. The highest BCUT2D eigenvalue weighted by molar-refractivity contribution is 7.80. The van der Waals surface area contributed by atoms with Crippen LogP contribution in [0.15, 0.2) is 42.5 Å². The molecule has 0 aliphatic heterocycles. The predicted octanol–water partition coefficient (Wildman–Crippen LogP) is 3.68. The molecule has 2 nitrogen and oxygen atoms in total. The number of aryl methyl sites for hydroxylation is 1. The van der Waals surface area contributed by atoms with Crippen molar-refractivity contribution >= 4 is 28.6 Å². The first-order valence-corrected chi connectivity index (χ1v) is 6.22. The standard InChI is InChI=1S/C15H16N2S/c1-10-4-3-5-14(11(10)2)17-13-8-6-12(7-9-13)15(16)18/h3-9,17H,1-2H3,(H2,16,18). The smallest absolute Gasteiger partial charge is 0.103 e. The van der Waals surface area contributed by atoms with Crippen LogP contribution in [0.5, 0.6) is 0 Å². The number of thiocarbonyl (C=S) groups is 1. The molecule has 0 heterocycles. The van der Waals surface area contributed by atoms with Gasteiger partial charge in [-0.15, -0.1) is 0 Å². The second-order valence-corrected chi connectivity index (χ2v) is 4.75. The van der Waals surface area contributed by atoms with Gasteiger partial charge < -0.3 is 11.1 Å². The second-order valence-electron chi connectivity index (χ2n) is 4.31. The van der Waals surface area contributed by atoms with E-state index in [2.05, 4.69) is 31.3 Å². The summed E-state index contributed by atoms with van der Waals surface area (Å²) in [4.78, 5) is 0.424. The van der Waals surface area contributed by atoms with Crippen LogP contribution >= 0.6 is 12.2 Å². The van der Waals surface area contributed by atoms with E-state index < -0.39 is 0 Å². The largest absolute Gasteiger partial charge is 0.389 e. The van der Waals surface area contributed by atoms with Crippen LogP contribution in [-0.4, -0.2) is 4.99 Å². The highest BCUT2D eigenvalue weighted by Gasteiger charge is 2.01. The first kappa shape index (κ1) is 12.6. The summed E-state index contributed by atoms with van der Waals surface area (Å²) in [5, 5.41) is 3.40. The Morgan fingerprint density at radius 2 is 1.72 bits per heavy atom. The van der Waals surface area contributed by atoms with Gasteiger partial charge in [0.15, 0.2) is 0 Å². The summed E-state index contributed by atoms with van der Waals surface area (Å²) >= 11 is 4.93. The van der Waals surface area contributed by atoms with E-state index in [-0.39, 0.29) is 0 Å². The molecule has 2 aromatic rings. The lowest BCUT2D eigenvalue weighted by molar-refractivity contribution is 1.33. The number of benzene rings is 2. The number of hydrogen-bond acceptors (Lipinski definition) is 2. The molecular weight excluding hydrogens is 240 g/mol. The molecule has 0 aromatic heterocycles. The molecule has 0 atom stereocenters. The topological polar surface area (TPSA) is 38.0 Å². The zero-order valence-electron chi connectivity index (χ0n) is 10.5. The molecule has 18 heavy (non-hydrogen) atoms. The Morgan fingerprint density at radius 3 is 2.33 bits per heavy atom. The second kappa shape index (κ2) is 5.19. The zero-order chi connectivity index (χ0) is 13.1. The normalized spacial score (nSPS) is 10.1. The average molecular weight is 256 g/mol. The van der Waals surface area contributed by atoms with Crippen LogP contribution in [0.25, 0.3) is 0 Å². The van der Waals surface area contributed by atoms with Crippen LogP contribution < -0.4 is 11.1 Å². The Bertz CT molecular complexity index is 574. The van der Waals surface area contributed by atoms with Crippen LogP contribution in [-0.2, 0) is 0 Å². The van der Waals surface area contributed by atoms with Gasteiger partial charge in [-0.3, -0.25) is 0 Å². The molecule has 0 fully saturated rings. The molecule has 0 amide bonds. The number of nitrogens with one attached hydrogen (secondary N) is 1. The lowest BCUT2D eigenvalue weighted by Crippen LogP contribution is -2.08. The molecule has 0 saturated heterocycles. The average Bonchev–Trinajstić information content (AvgIpc) is 2.36. The number of nitrogens with two attached hydrogens (primary N) is 1. The minimum Gasteiger partial charge on any atom is -0.389 e. The molecule has 3 heteroatoms. The van der Waals surface area contributed by atoms with Gasteiger partial charge in [0.25, 0.3) is 0 Å². The maximum Gasteiger partial charge on any atom is 0.103 e. The fourth-order valence-corrected chi connectivity index (χ4v) is 1.90. The molecule has 92 valence electrons. The summed E-state index contributed by atoms with van der Waals surface area (Å²) < 4.78 is 0. The fourth-order valence-electron chi connectivity index (χ4n) is 1.76. The van der Waals surface area contributed by atoms with Gasteiger partial charge in [-0.05, 0) is 55.3 Å². The van der Waals surface area contributed by atoms with E-state index in [9.17, 15) is 0 Å². The Kier molecular flexibility index (Phi) is 3.63. The van der Waals surface area contributed by atoms with Crippen molar-refractivity contribution in [1.82, 2.24) is 0 Å². The number of rotatable bonds is 3. The maximum absolute atomic E-state index is 5.57. The number of anilines is 2. The van der Waals surface area contributed by atoms with Gasteiger partial charge in [-0.1, -0.05) is 24.4 Å². The van der Waals surface area contributed by atoms with E-state index in [1.54, 1.807) is 0 Å². The van der Waals surface area contributed by atoms with Gasteiger partial charge in [0.05, 0.1) is 0 Å². The molecule has 3 N–H and O–H groups in total. The summed E-state index contributed by atoms with van der Waals surface area (Å²) in [6, 6.07) is 14.0. The molecule has 2 aromatic carbocycles.